The fraction of sp³-hybridized carbons (Fsp3) is 0.556. The predicted molar refractivity (Wildman–Crippen MR) is 100 cm³/mol. The Balaban J connectivity index is 2.29. The number of morpholine rings is 1. The van der Waals surface area contributed by atoms with Crippen LogP contribution in [-0.4, -0.2) is 62.1 Å². The van der Waals surface area contributed by atoms with E-state index < -0.39 is 5.97 Å². The standard InChI is InChI=1S/C18H26N2O4S/c1-18(2,20-8-10-23-11-9-20)17(19-24-12-16(21)22-3)15-6-4-14(13-25)5-7-15/h4-7,25H,8-13H2,1-3H3. The van der Waals surface area contributed by atoms with Gasteiger partial charge in [-0.3, -0.25) is 4.90 Å². The van der Waals surface area contributed by atoms with Crippen molar-refractivity contribution in [3.05, 3.63) is 35.4 Å². The molecule has 1 aliphatic rings. The molecule has 25 heavy (non-hydrogen) atoms. The van der Waals surface area contributed by atoms with E-state index in [9.17, 15) is 4.79 Å². The molecule has 1 fully saturated rings. The molecule has 0 aromatic heterocycles. The molecule has 0 spiro atoms. The molecule has 7 heteroatoms. The van der Waals surface area contributed by atoms with E-state index in [1.165, 1.54) is 7.11 Å². The van der Waals surface area contributed by atoms with Crippen molar-refractivity contribution < 1.29 is 19.1 Å². The fourth-order valence-corrected chi connectivity index (χ4v) is 2.98. The summed E-state index contributed by atoms with van der Waals surface area (Å²) in [4.78, 5) is 18.9. The monoisotopic (exact) mass is 366 g/mol. The van der Waals surface area contributed by atoms with Crippen LogP contribution in [0.2, 0.25) is 0 Å². The number of benzene rings is 1. The lowest BCUT2D eigenvalue weighted by atomic mass is 9.89. The summed E-state index contributed by atoms with van der Waals surface area (Å²) in [6, 6.07) is 8.06. The Morgan fingerprint density at radius 3 is 2.48 bits per heavy atom. The van der Waals surface area contributed by atoms with Gasteiger partial charge in [0.25, 0.3) is 0 Å². The van der Waals surface area contributed by atoms with Gasteiger partial charge in [-0.15, -0.1) is 0 Å². The number of oxime groups is 1. The smallest absolute Gasteiger partial charge is 0.346 e. The van der Waals surface area contributed by atoms with Crippen LogP contribution in [0, 0.1) is 0 Å². The number of methoxy groups -OCH3 is 1. The van der Waals surface area contributed by atoms with Gasteiger partial charge in [0.05, 0.1) is 25.9 Å². The van der Waals surface area contributed by atoms with Crippen LogP contribution in [0.4, 0.5) is 0 Å². The molecule has 138 valence electrons. The molecule has 6 nitrogen and oxygen atoms in total. The Hall–Kier alpha value is -1.57. The van der Waals surface area contributed by atoms with E-state index in [0.29, 0.717) is 19.0 Å². The molecule has 0 aliphatic carbocycles. The molecule has 0 atom stereocenters. The van der Waals surface area contributed by atoms with E-state index in [1.54, 1.807) is 0 Å². The van der Waals surface area contributed by atoms with Gasteiger partial charge in [-0.2, -0.15) is 12.6 Å². The lowest BCUT2D eigenvalue weighted by molar-refractivity contribution is -0.145. The zero-order valence-electron chi connectivity index (χ0n) is 15.0. The van der Waals surface area contributed by atoms with E-state index in [1.807, 2.05) is 24.3 Å². The van der Waals surface area contributed by atoms with Crippen LogP contribution in [0.1, 0.15) is 25.0 Å². The Labute approximate surface area is 154 Å². The van der Waals surface area contributed by atoms with Gasteiger partial charge in [-0.25, -0.2) is 4.79 Å². The maximum Gasteiger partial charge on any atom is 0.346 e. The third-order valence-corrected chi connectivity index (χ3v) is 4.72. The molecule has 1 aromatic carbocycles. The lowest BCUT2D eigenvalue weighted by Crippen LogP contribution is -2.54. The average molecular weight is 366 g/mol. The largest absolute Gasteiger partial charge is 0.466 e. The van der Waals surface area contributed by atoms with E-state index in [4.69, 9.17) is 9.57 Å². The summed E-state index contributed by atoms with van der Waals surface area (Å²) in [6.45, 7) is 7.01. The number of hydrogen-bond acceptors (Lipinski definition) is 7. The lowest BCUT2D eigenvalue weighted by Gasteiger charge is -2.41. The minimum atomic E-state index is -0.460. The van der Waals surface area contributed by atoms with Crippen LogP contribution in [0.5, 0.6) is 0 Å². The van der Waals surface area contributed by atoms with Gasteiger partial charge in [0.1, 0.15) is 5.71 Å². The SMILES string of the molecule is COC(=O)CON=C(c1ccc(CS)cc1)C(C)(C)N1CCOCC1. The molecular formula is C18H26N2O4S. The van der Waals surface area contributed by atoms with Crippen LogP contribution in [0.15, 0.2) is 29.4 Å². The summed E-state index contributed by atoms with van der Waals surface area (Å²) in [5.74, 6) is 0.219. The molecule has 0 bridgehead atoms. The van der Waals surface area contributed by atoms with Gasteiger partial charge in [-0.1, -0.05) is 29.4 Å². The highest BCUT2D eigenvalue weighted by Gasteiger charge is 2.35. The summed E-state index contributed by atoms with van der Waals surface area (Å²) in [5, 5.41) is 4.30. The maximum absolute atomic E-state index is 11.3. The van der Waals surface area contributed by atoms with Crippen molar-refractivity contribution in [2.45, 2.75) is 25.1 Å². The van der Waals surface area contributed by atoms with Crippen LogP contribution < -0.4 is 0 Å². The minimum absolute atomic E-state index is 0.214. The number of hydrogen-bond donors (Lipinski definition) is 1. The second-order valence-electron chi connectivity index (χ2n) is 6.30. The number of esters is 1. The van der Waals surface area contributed by atoms with Gasteiger partial charge in [-0.05, 0) is 19.4 Å². The molecule has 1 aromatic rings. The third kappa shape index (κ3) is 5.20. The van der Waals surface area contributed by atoms with Gasteiger partial charge in [0.2, 0.25) is 6.61 Å². The maximum atomic E-state index is 11.3. The second-order valence-corrected chi connectivity index (χ2v) is 6.62. The van der Waals surface area contributed by atoms with Crippen molar-refractivity contribution in [1.29, 1.82) is 0 Å². The van der Waals surface area contributed by atoms with E-state index in [-0.39, 0.29) is 12.1 Å². The highest BCUT2D eigenvalue weighted by Crippen LogP contribution is 2.23. The number of thiol groups is 1. The molecule has 0 amide bonds. The van der Waals surface area contributed by atoms with E-state index >= 15 is 0 Å². The number of ether oxygens (including phenoxy) is 2. The molecule has 1 aliphatic heterocycles. The third-order valence-electron chi connectivity index (χ3n) is 4.36. The first-order chi connectivity index (χ1) is 12.0. The zero-order chi connectivity index (χ0) is 18.3. The number of nitrogens with zero attached hydrogens (tertiary/aromatic N) is 2. The van der Waals surface area contributed by atoms with Gasteiger partial charge in [0.15, 0.2) is 0 Å². The molecule has 0 N–H and O–H groups in total. The Morgan fingerprint density at radius 1 is 1.28 bits per heavy atom. The quantitative estimate of drug-likeness (QED) is 0.347. The summed E-state index contributed by atoms with van der Waals surface area (Å²) in [5.41, 5.74) is 2.48. The summed E-state index contributed by atoms with van der Waals surface area (Å²) >= 11 is 4.30. The summed E-state index contributed by atoms with van der Waals surface area (Å²) in [7, 11) is 1.32. The van der Waals surface area contributed by atoms with Gasteiger partial charge in [0, 0.05) is 24.4 Å². The van der Waals surface area contributed by atoms with Gasteiger partial charge < -0.3 is 14.3 Å². The minimum Gasteiger partial charge on any atom is -0.466 e. The van der Waals surface area contributed by atoms with Crippen LogP contribution in [0.3, 0.4) is 0 Å². The zero-order valence-corrected chi connectivity index (χ0v) is 15.9. The number of carbonyl (C=O) groups is 1. The molecule has 1 saturated heterocycles. The first kappa shape index (κ1) is 19.8. The first-order valence-electron chi connectivity index (χ1n) is 8.29. The Bertz CT molecular complexity index is 596. The predicted octanol–water partition coefficient (Wildman–Crippen LogP) is 2.12. The van der Waals surface area contributed by atoms with Crippen molar-refractivity contribution in [1.82, 2.24) is 4.90 Å². The molecule has 0 unspecified atom stereocenters. The molecular weight excluding hydrogens is 340 g/mol. The number of carbonyl (C=O) groups excluding carboxylic acids is 1. The highest BCUT2D eigenvalue weighted by molar-refractivity contribution is 7.79. The molecule has 2 rings (SSSR count). The topological polar surface area (TPSA) is 60.4 Å². The second kappa shape index (κ2) is 9.22. The van der Waals surface area contributed by atoms with Crippen molar-refractivity contribution in [2.24, 2.45) is 5.16 Å². The van der Waals surface area contributed by atoms with Crippen molar-refractivity contribution in [3.63, 3.8) is 0 Å². The Morgan fingerprint density at radius 2 is 1.92 bits per heavy atom. The number of rotatable bonds is 7. The molecule has 0 saturated carbocycles. The van der Waals surface area contributed by atoms with Crippen LogP contribution in [0.25, 0.3) is 0 Å². The van der Waals surface area contributed by atoms with E-state index in [2.05, 4.69) is 41.3 Å². The van der Waals surface area contributed by atoms with Crippen LogP contribution >= 0.6 is 12.6 Å². The average Bonchev–Trinajstić information content (AvgIpc) is 2.65. The highest BCUT2D eigenvalue weighted by atomic mass is 32.1. The Kier molecular flexibility index (Phi) is 7.28. The van der Waals surface area contributed by atoms with Crippen LogP contribution in [-0.2, 0) is 24.9 Å². The summed E-state index contributed by atoms with van der Waals surface area (Å²) < 4.78 is 10.1. The molecule has 0 radical (unpaired) electrons. The van der Waals surface area contributed by atoms with E-state index in [0.717, 1.165) is 29.9 Å². The first-order valence-corrected chi connectivity index (χ1v) is 8.92. The van der Waals surface area contributed by atoms with Gasteiger partial charge >= 0.3 is 5.97 Å². The normalized spacial score (nSPS) is 16.6. The van der Waals surface area contributed by atoms with Crippen molar-refractivity contribution in [3.8, 4) is 0 Å². The van der Waals surface area contributed by atoms with Crippen molar-refractivity contribution in [2.75, 3.05) is 40.0 Å². The summed E-state index contributed by atoms with van der Waals surface area (Å²) in [6.07, 6.45) is 0. The van der Waals surface area contributed by atoms with Crippen molar-refractivity contribution >= 4 is 24.3 Å². The molecule has 1 heterocycles. The fourth-order valence-electron chi connectivity index (χ4n) is 2.77.